The molecular weight excluding hydrogens is 455 g/mol. The average molecular weight is 481 g/mol. The molecule has 3 atom stereocenters. The van der Waals surface area contributed by atoms with Crippen molar-refractivity contribution < 1.29 is 13.7 Å². The number of halogens is 2. The summed E-state index contributed by atoms with van der Waals surface area (Å²) in [6, 6.07) is 0. The standard InChI is InChI=1S/C21H26ClFN6O2S/c22-13-9-24-18(25-10-13)14-4-7-29(11-15(14)23)20-26-16-3-1-8-32(31)17(16)19(27-20)28-21(12-30)5-2-6-21/h9-10,14-15,30H,1-8,11-12H2,(H,26,27,28)/t14?,15?,32-/m0/s1. The number of hydrogen-bond acceptors (Lipinski definition) is 8. The van der Waals surface area contributed by atoms with Gasteiger partial charge in [-0.1, -0.05) is 11.6 Å². The second-order valence-corrected chi connectivity index (χ2v) is 10.8. The van der Waals surface area contributed by atoms with Crippen molar-refractivity contribution in [2.45, 2.75) is 61.0 Å². The number of aliphatic hydroxyl groups is 1. The van der Waals surface area contributed by atoms with Crippen LogP contribution in [-0.2, 0) is 17.2 Å². The summed E-state index contributed by atoms with van der Waals surface area (Å²) in [5.41, 5.74) is 0.329. The van der Waals surface area contributed by atoms with E-state index in [0.717, 1.165) is 31.4 Å². The van der Waals surface area contributed by atoms with Gasteiger partial charge < -0.3 is 15.3 Å². The van der Waals surface area contributed by atoms with Crippen LogP contribution >= 0.6 is 11.6 Å². The summed E-state index contributed by atoms with van der Waals surface area (Å²) in [6.45, 7) is 0.680. The fraction of sp³-hybridized carbons (Fsp3) is 0.619. The van der Waals surface area contributed by atoms with Crippen LogP contribution in [0.2, 0.25) is 5.02 Å². The highest BCUT2D eigenvalue weighted by molar-refractivity contribution is 7.85. The van der Waals surface area contributed by atoms with Gasteiger partial charge in [-0.15, -0.1) is 0 Å². The molecule has 1 saturated heterocycles. The summed E-state index contributed by atoms with van der Waals surface area (Å²) >= 11 is 5.86. The highest BCUT2D eigenvalue weighted by Gasteiger charge is 2.39. The van der Waals surface area contributed by atoms with Gasteiger partial charge in [-0.2, -0.15) is 4.98 Å². The molecule has 2 aliphatic heterocycles. The zero-order chi connectivity index (χ0) is 22.3. The Morgan fingerprint density at radius 1 is 1.28 bits per heavy atom. The number of nitrogens with zero attached hydrogens (tertiary/aromatic N) is 5. The number of alkyl halides is 1. The Balaban J connectivity index is 1.42. The zero-order valence-electron chi connectivity index (χ0n) is 17.6. The minimum atomic E-state index is -1.18. The van der Waals surface area contributed by atoms with Gasteiger partial charge in [0.1, 0.15) is 22.7 Å². The number of piperidine rings is 1. The van der Waals surface area contributed by atoms with E-state index in [9.17, 15) is 9.32 Å². The Morgan fingerprint density at radius 3 is 2.72 bits per heavy atom. The van der Waals surface area contributed by atoms with Crippen molar-refractivity contribution in [2.24, 2.45) is 0 Å². The van der Waals surface area contributed by atoms with E-state index in [-0.39, 0.29) is 13.2 Å². The molecule has 0 radical (unpaired) electrons. The normalized spacial score (nSPS) is 26.8. The smallest absolute Gasteiger partial charge is 0.227 e. The van der Waals surface area contributed by atoms with Gasteiger partial charge in [0.2, 0.25) is 5.95 Å². The number of aromatic nitrogens is 4. The number of nitrogens with one attached hydrogen (secondary N) is 1. The maximum absolute atomic E-state index is 15.2. The molecule has 2 unspecified atom stereocenters. The Labute approximate surface area is 193 Å². The molecule has 2 fully saturated rings. The molecule has 2 N–H and O–H groups in total. The van der Waals surface area contributed by atoms with Gasteiger partial charge in [-0.05, 0) is 38.5 Å². The number of aryl methyl sites for hydroxylation is 1. The SMILES string of the molecule is O=[S@]1CCCc2nc(N3CCC(c4ncc(Cl)cn4)C(F)C3)nc(NC3(CO)CCC3)c21. The van der Waals surface area contributed by atoms with Crippen LogP contribution in [0.25, 0.3) is 0 Å². The van der Waals surface area contributed by atoms with Crippen molar-refractivity contribution in [3.63, 3.8) is 0 Å². The van der Waals surface area contributed by atoms with Crippen LogP contribution in [0.3, 0.4) is 0 Å². The van der Waals surface area contributed by atoms with Crippen molar-refractivity contribution in [3.8, 4) is 0 Å². The first kappa shape index (κ1) is 21.9. The Morgan fingerprint density at radius 2 is 2.06 bits per heavy atom. The number of hydrogen-bond donors (Lipinski definition) is 2. The van der Waals surface area contributed by atoms with Gasteiger partial charge in [-0.3, -0.25) is 4.21 Å². The average Bonchev–Trinajstić information content (AvgIpc) is 2.77. The molecule has 0 spiro atoms. The van der Waals surface area contributed by atoms with Crippen molar-refractivity contribution in [1.82, 2.24) is 19.9 Å². The van der Waals surface area contributed by atoms with Crippen molar-refractivity contribution in [1.29, 1.82) is 0 Å². The minimum absolute atomic E-state index is 0.00716. The second-order valence-electron chi connectivity index (χ2n) is 8.83. The largest absolute Gasteiger partial charge is 0.394 e. The third-order valence-electron chi connectivity index (χ3n) is 6.69. The van der Waals surface area contributed by atoms with Crippen LogP contribution in [0.4, 0.5) is 16.2 Å². The number of anilines is 2. The first-order valence-corrected chi connectivity index (χ1v) is 12.7. The summed E-state index contributed by atoms with van der Waals surface area (Å²) in [4.78, 5) is 20.3. The highest BCUT2D eigenvalue weighted by atomic mass is 35.5. The van der Waals surface area contributed by atoms with Gasteiger partial charge in [0.15, 0.2) is 0 Å². The Bertz CT molecular complexity index is 1020. The van der Waals surface area contributed by atoms with Gasteiger partial charge >= 0.3 is 0 Å². The van der Waals surface area contributed by atoms with E-state index < -0.39 is 28.4 Å². The molecule has 172 valence electrons. The fourth-order valence-corrected chi connectivity index (χ4v) is 6.09. The lowest BCUT2D eigenvalue weighted by Crippen LogP contribution is -2.49. The van der Waals surface area contributed by atoms with E-state index in [2.05, 4.69) is 15.3 Å². The molecule has 2 aromatic rings. The van der Waals surface area contributed by atoms with Crippen LogP contribution in [0.1, 0.15) is 49.5 Å². The molecule has 2 aromatic heterocycles. The molecular formula is C21H26ClFN6O2S. The van der Waals surface area contributed by atoms with Crippen molar-refractivity contribution in [3.05, 3.63) is 28.9 Å². The van der Waals surface area contributed by atoms with Gasteiger partial charge in [0.25, 0.3) is 0 Å². The topological polar surface area (TPSA) is 104 Å². The van der Waals surface area contributed by atoms with E-state index in [1.807, 2.05) is 4.90 Å². The molecule has 11 heteroatoms. The molecule has 5 rings (SSSR count). The molecule has 1 aliphatic carbocycles. The summed E-state index contributed by atoms with van der Waals surface area (Å²) in [5, 5.41) is 13.7. The van der Waals surface area contributed by atoms with E-state index in [0.29, 0.717) is 52.6 Å². The second kappa shape index (κ2) is 8.79. The van der Waals surface area contributed by atoms with Crippen LogP contribution in [-0.4, -0.2) is 66.4 Å². The quantitative estimate of drug-likeness (QED) is 0.673. The van der Waals surface area contributed by atoms with E-state index in [4.69, 9.17) is 21.6 Å². The van der Waals surface area contributed by atoms with Gasteiger partial charge in [0, 0.05) is 24.7 Å². The molecule has 8 nitrogen and oxygen atoms in total. The molecule has 0 aromatic carbocycles. The lowest BCUT2D eigenvalue weighted by Gasteiger charge is -2.42. The monoisotopic (exact) mass is 480 g/mol. The predicted octanol–water partition coefficient (Wildman–Crippen LogP) is 2.63. The molecule has 4 heterocycles. The fourth-order valence-electron chi connectivity index (χ4n) is 4.66. The van der Waals surface area contributed by atoms with Gasteiger partial charge in [0.05, 0.1) is 46.1 Å². The zero-order valence-corrected chi connectivity index (χ0v) is 19.2. The maximum atomic E-state index is 15.2. The maximum Gasteiger partial charge on any atom is 0.227 e. The molecule has 32 heavy (non-hydrogen) atoms. The predicted molar refractivity (Wildman–Crippen MR) is 120 cm³/mol. The molecule has 3 aliphatic rings. The van der Waals surface area contributed by atoms with E-state index in [1.165, 1.54) is 12.4 Å². The molecule has 0 amide bonds. The van der Waals surface area contributed by atoms with Crippen LogP contribution in [0, 0.1) is 0 Å². The Kier molecular flexibility index (Phi) is 6.02. The summed E-state index contributed by atoms with van der Waals surface area (Å²) in [6.07, 6.45) is 6.54. The third kappa shape index (κ3) is 4.08. The first-order chi connectivity index (χ1) is 15.5. The third-order valence-corrected chi connectivity index (χ3v) is 8.43. The lowest BCUT2D eigenvalue weighted by atomic mass is 9.77. The van der Waals surface area contributed by atoms with E-state index in [1.54, 1.807) is 0 Å². The lowest BCUT2D eigenvalue weighted by molar-refractivity contribution is 0.143. The first-order valence-electron chi connectivity index (χ1n) is 11.0. The molecule has 1 saturated carbocycles. The highest BCUT2D eigenvalue weighted by Crippen LogP contribution is 2.38. The van der Waals surface area contributed by atoms with Crippen molar-refractivity contribution >= 4 is 34.2 Å². The number of fused-ring (bicyclic) bond motifs is 1. The summed E-state index contributed by atoms with van der Waals surface area (Å²) < 4.78 is 27.9. The number of aliphatic hydroxyl groups excluding tert-OH is 1. The van der Waals surface area contributed by atoms with Crippen LogP contribution < -0.4 is 10.2 Å². The van der Waals surface area contributed by atoms with Crippen LogP contribution in [0.15, 0.2) is 17.3 Å². The summed E-state index contributed by atoms with van der Waals surface area (Å²) in [5.74, 6) is 1.60. The number of rotatable bonds is 5. The van der Waals surface area contributed by atoms with Crippen LogP contribution in [0.5, 0.6) is 0 Å². The van der Waals surface area contributed by atoms with E-state index >= 15 is 4.39 Å². The van der Waals surface area contributed by atoms with Gasteiger partial charge in [-0.25, -0.2) is 19.3 Å². The minimum Gasteiger partial charge on any atom is -0.394 e. The van der Waals surface area contributed by atoms with Crippen molar-refractivity contribution in [2.75, 3.05) is 35.7 Å². The Hall–Kier alpha value is -1.91. The molecule has 0 bridgehead atoms. The summed E-state index contributed by atoms with van der Waals surface area (Å²) in [7, 11) is -1.18.